The van der Waals surface area contributed by atoms with Gasteiger partial charge in [-0.3, -0.25) is 10.1 Å². The number of amides is 1. The van der Waals surface area contributed by atoms with Gasteiger partial charge in [0.05, 0.1) is 6.26 Å². The molecule has 2 aromatic rings. The lowest BCUT2D eigenvalue weighted by molar-refractivity contribution is -0.119. The number of hydrogen-bond acceptors (Lipinski definition) is 6. The minimum absolute atomic E-state index is 0.356. The van der Waals surface area contributed by atoms with E-state index >= 15 is 0 Å². The average molecular weight is 395 g/mol. The monoisotopic (exact) mass is 394 g/mol. The van der Waals surface area contributed by atoms with Crippen molar-refractivity contribution in [3.63, 3.8) is 0 Å². The Labute approximate surface area is 157 Å². The average Bonchev–Trinajstić information content (AvgIpc) is 3.23. The molecule has 1 saturated heterocycles. The van der Waals surface area contributed by atoms with Crippen molar-refractivity contribution in [3.05, 3.63) is 29.8 Å². The predicted molar refractivity (Wildman–Crippen MR) is 103 cm³/mol. The lowest BCUT2D eigenvalue weighted by Crippen LogP contribution is -2.42. The summed E-state index contributed by atoms with van der Waals surface area (Å²) in [6.45, 7) is 4.65. The van der Waals surface area contributed by atoms with Gasteiger partial charge in [0, 0.05) is 12.1 Å². The minimum Gasteiger partial charge on any atom is -0.299 e. The zero-order valence-corrected chi connectivity index (χ0v) is 16.6. The molecule has 1 aromatic carbocycles. The molecule has 2 heterocycles. The molecule has 0 aliphatic carbocycles. The Balaban J connectivity index is 1.71. The molecule has 0 spiro atoms. The van der Waals surface area contributed by atoms with E-state index in [1.807, 2.05) is 12.1 Å². The third-order valence-corrected chi connectivity index (χ3v) is 6.59. The van der Waals surface area contributed by atoms with E-state index in [1.165, 1.54) is 21.2 Å². The van der Waals surface area contributed by atoms with Crippen molar-refractivity contribution in [2.45, 2.75) is 38.6 Å². The van der Waals surface area contributed by atoms with Crippen LogP contribution in [0.3, 0.4) is 0 Å². The maximum Gasteiger partial charge on any atom is 0.244 e. The van der Waals surface area contributed by atoms with Gasteiger partial charge in [0.1, 0.15) is 11.0 Å². The highest BCUT2D eigenvalue weighted by Crippen LogP contribution is 2.29. The van der Waals surface area contributed by atoms with E-state index in [9.17, 15) is 13.2 Å². The van der Waals surface area contributed by atoms with Crippen molar-refractivity contribution < 1.29 is 13.2 Å². The third-order valence-electron chi connectivity index (χ3n) is 4.41. The Kier molecular flexibility index (Phi) is 5.40. The van der Waals surface area contributed by atoms with Crippen LogP contribution in [-0.2, 0) is 14.8 Å². The molecule has 0 bridgehead atoms. The first kappa shape index (κ1) is 18.9. The van der Waals surface area contributed by atoms with Crippen LogP contribution in [0.4, 0.5) is 5.13 Å². The maximum absolute atomic E-state index is 12.5. The van der Waals surface area contributed by atoms with Crippen molar-refractivity contribution in [2.24, 2.45) is 0 Å². The maximum atomic E-state index is 12.5. The van der Waals surface area contributed by atoms with Crippen LogP contribution in [-0.4, -0.2) is 47.7 Å². The Morgan fingerprint density at radius 3 is 2.58 bits per heavy atom. The summed E-state index contributed by atoms with van der Waals surface area (Å²) < 4.78 is 24.8. The fourth-order valence-electron chi connectivity index (χ4n) is 2.99. The van der Waals surface area contributed by atoms with E-state index < -0.39 is 16.1 Å². The first-order valence-corrected chi connectivity index (χ1v) is 11.1. The van der Waals surface area contributed by atoms with Gasteiger partial charge in [0.2, 0.25) is 21.1 Å². The van der Waals surface area contributed by atoms with Crippen LogP contribution in [0.25, 0.3) is 10.6 Å². The molecule has 0 radical (unpaired) electrons. The van der Waals surface area contributed by atoms with Crippen molar-refractivity contribution >= 4 is 32.4 Å². The van der Waals surface area contributed by atoms with Crippen LogP contribution in [0.1, 0.15) is 38.2 Å². The summed E-state index contributed by atoms with van der Waals surface area (Å²) in [5, 5.41) is 11.9. The summed E-state index contributed by atoms with van der Waals surface area (Å²) in [6, 6.07) is 7.42. The van der Waals surface area contributed by atoms with E-state index in [-0.39, 0.29) is 5.91 Å². The first-order valence-electron chi connectivity index (χ1n) is 8.47. The van der Waals surface area contributed by atoms with Crippen LogP contribution in [0.2, 0.25) is 0 Å². The van der Waals surface area contributed by atoms with Gasteiger partial charge in [0.15, 0.2) is 0 Å². The van der Waals surface area contributed by atoms with Crippen LogP contribution in [0, 0.1) is 0 Å². The van der Waals surface area contributed by atoms with Crippen molar-refractivity contribution in [3.8, 4) is 10.6 Å². The second-order valence-electron chi connectivity index (χ2n) is 6.71. The van der Waals surface area contributed by atoms with E-state index in [1.54, 1.807) is 0 Å². The fraction of sp³-hybridized carbons (Fsp3) is 0.471. The quantitative estimate of drug-likeness (QED) is 0.842. The molecular formula is C17H22N4O3S2. The zero-order chi connectivity index (χ0) is 18.9. The van der Waals surface area contributed by atoms with Gasteiger partial charge in [-0.15, -0.1) is 10.2 Å². The van der Waals surface area contributed by atoms with E-state index in [4.69, 9.17) is 0 Å². The highest BCUT2D eigenvalue weighted by atomic mass is 32.2. The topological polar surface area (TPSA) is 92.3 Å². The van der Waals surface area contributed by atoms with Gasteiger partial charge in [0.25, 0.3) is 0 Å². The number of nitrogens with one attached hydrogen (secondary N) is 1. The Morgan fingerprint density at radius 1 is 1.27 bits per heavy atom. The highest BCUT2D eigenvalue weighted by Gasteiger charge is 2.36. The Hall–Kier alpha value is -1.84. The molecule has 1 fully saturated rings. The highest BCUT2D eigenvalue weighted by molar-refractivity contribution is 7.88. The fourth-order valence-corrected chi connectivity index (χ4v) is 4.86. The van der Waals surface area contributed by atoms with Gasteiger partial charge >= 0.3 is 0 Å². The number of nitrogens with zero attached hydrogens (tertiary/aromatic N) is 3. The van der Waals surface area contributed by atoms with Crippen molar-refractivity contribution in [2.75, 3.05) is 18.1 Å². The summed E-state index contributed by atoms with van der Waals surface area (Å²) in [4.78, 5) is 12.5. The molecule has 3 rings (SSSR count). The van der Waals surface area contributed by atoms with Crippen LogP contribution < -0.4 is 5.32 Å². The smallest absolute Gasteiger partial charge is 0.244 e. The van der Waals surface area contributed by atoms with E-state index in [0.29, 0.717) is 35.4 Å². The van der Waals surface area contributed by atoms with Gasteiger partial charge in [-0.1, -0.05) is 49.4 Å². The molecule has 1 amide bonds. The Bertz CT molecular complexity index is 891. The molecular weight excluding hydrogens is 372 g/mol. The Morgan fingerprint density at radius 2 is 1.96 bits per heavy atom. The molecule has 1 aliphatic rings. The molecule has 1 aliphatic heterocycles. The van der Waals surface area contributed by atoms with E-state index in [0.717, 1.165) is 11.8 Å². The summed E-state index contributed by atoms with van der Waals surface area (Å²) >= 11 is 1.27. The van der Waals surface area contributed by atoms with Gasteiger partial charge in [-0.05, 0) is 24.3 Å². The number of carbonyl (C=O) groups excluding carboxylic acids is 1. The molecule has 140 valence electrons. The number of aromatic nitrogens is 2. The SMILES string of the molecule is CC(C)c1ccc(-c2nnc(NC(=O)[C@@H]3CCCN3S(C)(=O)=O)s2)cc1. The zero-order valence-electron chi connectivity index (χ0n) is 15.0. The third kappa shape index (κ3) is 4.11. The normalized spacial score (nSPS) is 18.4. The van der Waals surface area contributed by atoms with Crippen molar-refractivity contribution in [1.29, 1.82) is 0 Å². The molecule has 7 nitrogen and oxygen atoms in total. The second-order valence-corrected chi connectivity index (χ2v) is 9.62. The number of benzene rings is 1. The molecule has 1 aromatic heterocycles. The standard InChI is InChI=1S/C17H22N4O3S2/c1-11(2)12-6-8-13(9-7-12)16-19-20-17(25-16)18-15(22)14-5-4-10-21(14)26(3,23)24/h6-9,11,14H,4-5,10H2,1-3H3,(H,18,20,22)/t14-/m0/s1. The van der Waals surface area contributed by atoms with Crippen LogP contribution in [0.15, 0.2) is 24.3 Å². The van der Waals surface area contributed by atoms with Gasteiger partial charge < -0.3 is 0 Å². The number of hydrogen-bond donors (Lipinski definition) is 1. The lowest BCUT2D eigenvalue weighted by atomic mass is 10.0. The molecule has 1 N–H and O–H groups in total. The summed E-state index contributed by atoms with van der Waals surface area (Å²) in [6.07, 6.45) is 2.32. The number of rotatable bonds is 5. The number of anilines is 1. The first-order chi connectivity index (χ1) is 12.3. The van der Waals surface area contributed by atoms with Crippen molar-refractivity contribution in [1.82, 2.24) is 14.5 Å². The second kappa shape index (κ2) is 7.42. The summed E-state index contributed by atoms with van der Waals surface area (Å²) in [5.74, 6) is 0.100. The van der Waals surface area contributed by atoms with Gasteiger partial charge in [-0.25, -0.2) is 8.42 Å². The van der Waals surface area contributed by atoms with Crippen LogP contribution >= 0.6 is 11.3 Å². The van der Waals surface area contributed by atoms with Gasteiger partial charge in [-0.2, -0.15) is 4.31 Å². The summed E-state index contributed by atoms with van der Waals surface area (Å²) in [5.41, 5.74) is 2.18. The van der Waals surface area contributed by atoms with E-state index in [2.05, 4.69) is 41.5 Å². The summed E-state index contributed by atoms with van der Waals surface area (Å²) in [7, 11) is -3.40. The molecule has 26 heavy (non-hydrogen) atoms. The largest absolute Gasteiger partial charge is 0.299 e. The lowest BCUT2D eigenvalue weighted by Gasteiger charge is -2.20. The molecule has 0 unspecified atom stereocenters. The number of carbonyl (C=O) groups is 1. The minimum atomic E-state index is -3.40. The molecule has 9 heteroatoms. The predicted octanol–water partition coefficient (Wildman–Crippen LogP) is 2.69. The van der Waals surface area contributed by atoms with Crippen LogP contribution in [0.5, 0.6) is 0 Å². The molecule has 0 saturated carbocycles. The number of sulfonamides is 1. The molecule has 1 atom stereocenters.